The maximum Gasteiger partial charge on any atom is 0.236 e. The molecule has 4 rings (SSSR count). The Bertz CT molecular complexity index is 814. The molecule has 1 aromatic rings. The summed E-state index contributed by atoms with van der Waals surface area (Å²) < 4.78 is 28.3. The first-order chi connectivity index (χ1) is 11.2. The minimum absolute atomic E-state index is 0.0407. The fourth-order valence-electron chi connectivity index (χ4n) is 5.45. The van der Waals surface area contributed by atoms with Crippen LogP contribution in [0.4, 0.5) is 5.69 Å². The summed E-state index contributed by atoms with van der Waals surface area (Å²) in [5.74, 6) is 0.456. The van der Waals surface area contributed by atoms with E-state index in [4.69, 9.17) is 0 Å². The molecule has 0 unspecified atom stereocenters. The van der Waals surface area contributed by atoms with Crippen LogP contribution in [-0.4, -0.2) is 26.0 Å². The molecule has 1 heterocycles. The van der Waals surface area contributed by atoms with Crippen LogP contribution in [0, 0.1) is 16.7 Å². The second kappa shape index (κ2) is 4.84. The summed E-state index contributed by atoms with van der Waals surface area (Å²) in [6, 6.07) is 7.63. The van der Waals surface area contributed by atoms with Crippen molar-refractivity contribution in [3.63, 3.8) is 0 Å². The Hall–Kier alpha value is -1.36. The van der Waals surface area contributed by atoms with Crippen LogP contribution in [0.5, 0.6) is 0 Å². The lowest BCUT2D eigenvalue weighted by Crippen LogP contribution is -2.48. The van der Waals surface area contributed by atoms with Gasteiger partial charge in [0.15, 0.2) is 0 Å². The van der Waals surface area contributed by atoms with Crippen molar-refractivity contribution >= 4 is 21.5 Å². The number of Topliss-reactive ketones (excluding diaryl/α,β-unsaturated/α-hetero) is 1. The minimum Gasteiger partial charge on any atom is -0.299 e. The number of rotatable bonds is 3. The molecule has 1 aliphatic heterocycles. The number of hydrogen-bond acceptors (Lipinski definition) is 3. The first-order valence-electron chi connectivity index (χ1n) is 8.82. The maximum atomic E-state index is 13.4. The molecule has 3 aliphatic rings. The number of para-hydroxylation sites is 1. The lowest BCUT2D eigenvalue weighted by atomic mass is 9.70. The fourth-order valence-corrected chi connectivity index (χ4v) is 7.99. The second-order valence-electron chi connectivity index (χ2n) is 8.40. The summed E-state index contributed by atoms with van der Waals surface area (Å²) in [6.07, 6.45) is 2.98. The van der Waals surface area contributed by atoms with Crippen molar-refractivity contribution in [1.29, 1.82) is 0 Å². The van der Waals surface area contributed by atoms with E-state index in [-0.39, 0.29) is 23.0 Å². The van der Waals surface area contributed by atoms with Gasteiger partial charge < -0.3 is 0 Å². The average Bonchev–Trinajstić information content (AvgIpc) is 3.01. The number of benzene rings is 1. The lowest BCUT2D eigenvalue weighted by Gasteiger charge is -2.38. The molecule has 2 aliphatic carbocycles. The minimum atomic E-state index is -3.54. The van der Waals surface area contributed by atoms with Gasteiger partial charge in [0.1, 0.15) is 5.78 Å². The van der Waals surface area contributed by atoms with E-state index < -0.39 is 15.4 Å². The normalized spacial score (nSPS) is 34.0. The number of nitrogens with zero attached hydrogens (tertiary/aromatic N) is 1. The van der Waals surface area contributed by atoms with Crippen LogP contribution in [0.15, 0.2) is 24.3 Å². The van der Waals surface area contributed by atoms with Crippen molar-refractivity contribution in [2.45, 2.75) is 52.5 Å². The molecular weight excluding hydrogens is 322 g/mol. The third kappa shape index (κ3) is 1.91. The molecule has 2 fully saturated rings. The molecule has 0 radical (unpaired) electrons. The smallest absolute Gasteiger partial charge is 0.236 e. The molecule has 0 spiro atoms. The highest BCUT2D eigenvalue weighted by molar-refractivity contribution is 7.92. The van der Waals surface area contributed by atoms with Gasteiger partial charge in [-0.2, -0.15) is 0 Å². The Kier molecular flexibility index (Phi) is 3.25. The zero-order valence-corrected chi connectivity index (χ0v) is 15.4. The first kappa shape index (κ1) is 16.1. The molecule has 0 saturated heterocycles. The molecule has 1 aromatic carbocycles. The van der Waals surface area contributed by atoms with Gasteiger partial charge in [0.25, 0.3) is 0 Å². The third-order valence-electron chi connectivity index (χ3n) is 7.01. The molecular formula is C19H25NO3S. The van der Waals surface area contributed by atoms with Gasteiger partial charge in [-0.25, -0.2) is 8.42 Å². The zero-order valence-electron chi connectivity index (χ0n) is 14.6. The highest BCUT2D eigenvalue weighted by atomic mass is 32.2. The number of carbonyl (C=O) groups is 1. The van der Waals surface area contributed by atoms with Crippen molar-refractivity contribution < 1.29 is 13.2 Å². The summed E-state index contributed by atoms with van der Waals surface area (Å²) in [5.41, 5.74) is 0.944. The molecule has 2 bridgehead atoms. The monoisotopic (exact) mass is 347 g/mol. The van der Waals surface area contributed by atoms with E-state index in [0.717, 1.165) is 24.1 Å². The average molecular weight is 347 g/mol. The number of carbonyl (C=O) groups excluding carboxylic acids is 1. The molecule has 130 valence electrons. The number of fused-ring (bicyclic) bond motifs is 3. The van der Waals surface area contributed by atoms with Gasteiger partial charge in [-0.1, -0.05) is 32.0 Å². The van der Waals surface area contributed by atoms with E-state index in [1.54, 1.807) is 4.31 Å². The van der Waals surface area contributed by atoms with Crippen LogP contribution in [0.3, 0.4) is 0 Å². The van der Waals surface area contributed by atoms with Crippen molar-refractivity contribution in [3.8, 4) is 0 Å². The Morgan fingerprint density at radius 1 is 1.21 bits per heavy atom. The van der Waals surface area contributed by atoms with Crippen molar-refractivity contribution in [1.82, 2.24) is 0 Å². The lowest BCUT2D eigenvalue weighted by molar-refractivity contribution is -0.128. The van der Waals surface area contributed by atoms with Crippen LogP contribution in [0.1, 0.15) is 45.6 Å². The largest absolute Gasteiger partial charge is 0.299 e. The van der Waals surface area contributed by atoms with Crippen molar-refractivity contribution in [2.24, 2.45) is 16.7 Å². The molecule has 24 heavy (non-hydrogen) atoms. The van der Waals surface area contributed by atoms with E-state index in [1.807, 2.05) is 31.2 Å². The molecule has 4 nitrogen and oxygen atoms in total. The van der Waals surface area contributed by atoms with Gasteiger partial charge in [-0.05, 0) is 49.1 Å². The highest BCUT2D eigenvalue weighted by Crippen LogP contribution is 2.64. The Morgan fingerprint density at radius 2 is 1.92 bits per heavy atom. The van der Waals surface area contributed by atoms with E-state index in [2.05, 4.69) is 13.8 Å². The summed E-state index contributed by atoms with van der Waals surface area (Å²) in [6.45, 7) is 6.13. The van der Waals surface area contributed by atoms with Gasteiger partial charge in [0, 0.05) is 12.5 Å². The maximum absolute atomic E-state index is 13.4. The number of hydrogen-bond donors (Lipinski definition) is 0. The molecule has 0 aromatic heterocycles. The first-order valence-corrected chi connectivity index (χ1v) is 10.4. The van der Waals surface area contributed by atoms with Crippen LogP contribution >= 0.6 is 0 Å². The number of anilines is 1. The molecule has 2 saturated carbocycles. The van der Waals surface area contributed by atoms with Gasteiger partial charge in [-0.3, -0.25) is 9.10 Å². The quantitative estimate of drug-likeness (QED) is 0.844. The van der Waals surface area contributed by atoms with E-state index >= 15 is 0 Å². The van der Waals surface area contributed by atoms with Crippen LogP contribution in [0.2, 0.25) is 0 Å². The van der Waals surface area contributed by atoms with Crippen molar-refractivity contribution in [3.05, 3.63) is 29.8 Å². The predicted molar refractivity (Wildman–Crippen MR) is 94.4 cm³/mol. The SMILES string of the molecule is C[C@H]1Cc2ccccc2N1S(=O)(=O)C[C@]12CC[C@H](CC1=O)C2(C)C. The Balaban J connectivity index is 1.74. The third-order valence-corrected chi connectivity index (χ3v) is 9.03. The van der Waals surface area contributed by atoms with E-state index in [1.165, 1.54) is 0 Å². The van der Waals surface area contributed by atoms with Crippen LogP contribution < -0.4 is 4.31 Å². The fraction of sp³-hybridized carbons (Fsp3) is 0.632. The van der Waals surface area contributed by atoms with E-state index in [9.17, 15) is 13.2 Å². The van der Waals surface area contributed by atoms with E-state index in [0.29, 0.717) is 18.8 Å². The van der Waals surface area contributed by atoms with Crippen molar-refractivity contribution in [2.75, 3.05) is 10.1 Å². The number of sulfonamides is 1. The molecule has 5 heteroatoms. The summed E-state index contributed by atoms with van der Waals surface area (Å²) in [7, 11) is -3.54. The Labute approximate surface area is 144 Å². The number of ketones is 1. The zero-order chi connectivity index (χ0) is 17.3. The summed E-state index contributed by atoms with van der Waals surface area (Å²) >= 11 is 0. The summed E-state index contributed by atoms with van der Waals surface area (Å²) in [4.78, 5) is 12.7. The van der Waals surface area contributed by atoms with Gasteiger partial charge in [0.05, 0.1) is 16.9 Å². The second-order valence-corrected chi connectivity index (χ2v) is 10.2. The van der Waals surface area contributed by atoms with Crippen LogP contribution in [0.25, 0.3) is 0 Å². The molecule has 0 N–H and O–H groups in total. The standard InChI is InChI=1S/C19H25NO3S/c1-13-10-14-6-4-5-7-16(14)20(13)24(22,23)12-19-9-8-15(11-17(19)21)18(19,2)3/h4-7,13,15H,8-12H2,1-3H3/t13-,15+,19+/m0/s1. The van der Waals surface area contributed by atoms with Gasteiger partial charge in [-0.15, -0.1) is 0 Å². The van der Waals surface area contributed by atoms with Gasteiger partial charge in [0.2, 0.25) is 10.0 Å². The van der Waals surface area contributed by atoms with Gasteiger partial charge >= 0.3 is 0 Å². The van der Waals surface area contributed by atoms with Crippen LogP contribution in [-0.2, 0) is 21.2 Å². The highest BCUT2D eigenvalue weighted by Gasteiger charge is 2.65. The Morgan fingerprint density at radius 3 is 2.54 bits per heavy atom. The summed E-state index contributed by atoms with van der Waals surface area (Å²) in [5, 5.41) is 0. The topological polar surface area (TPSA) is 54.5 Å². The molecule has 3 atom stereocenters. The molecule has 0 amide bonds. The predicted octanol–water partition coefficient (Wildman–Crippen LogP) is 3.16.